The van der Waals surface area contributed by atoms with Crippen LogP contribution in [0.2, 0.25) is 0 Å². The van der Waals surface area contributed by atoms with Crippen molar-refractivity contribution in [1.82, 2.24) is 15.0 Å². The molecule has 1 N–H and O–H groups in total. The number of hydrogen-bond acceptors (Lipinski definition) is 7. The summed E-state index contributed by atoms with van der Waals surface area (Å²) in [6.45, 7) is 6.77. The normalized spacial score (nSPS) is 19.9. The molecule has 3 heterocycles. The van der Waals surface area contributed by atoms with E-state index < -0.39 is 0 Å². The minimum absolute atomic E-state index is 0.0611. The molecule has 1 aromatic rings. The highest BCUT2D eigenvalue weighted by molar-refractivity contribution is 8.13. The van der Waals surface area contributed by atoms with Gasteiger partial charge in [0.2, 0.25) is 11.8 Å². The van der Waals surface area contributed by atoms with Gasteiger partial charge in [0, 0.05) is 44.5 Å². The number of hydrogen-bond donors (Lipinski definition) is 1. The highest BCUT2D eigenvalue weighted by Crippen LogP contribution is 2.17. The van der Waals surface area contributed by atoms with Crippen LogP contribution in [0.3, 0.4) is 0 Å². The maximum absolute atomic E-state index is 12.0. The molecule has 120 valence electrons. The molecule has 2 aliphatic rings. The fourth-order valence-electron chi connectivity index (χ4n) is 2.54. The molecule has 0 unspecified atom stereocenters. The van der Waals surface area contributed by atoms with E-state index in [9.17, 15) is 4.79 Å². The van der Waals surface area contributed by atoms with E-state index in [1.54, 1.807) is 6.07 Å². The second kappa shape index (κ2) is 7.15. The third-order valence-corrected chi connectivity index (χ3v) is 4.82. The maximum Gasteiger partial charge on any atom is 0.240 e. The van der Waals surface area contributed by atoms with Crippen LogP contribution in [0.1, 0.15) is 12.1 Å². The number of aliphatic imine (C=N–C) groups is 1. The van der Waals surface area contributed by atoms with Crippen LogP contribution in [0.4, 0.5) is 5.88 Å². The van der Waals surface area contributed by atoms with Crippen LogP contribution in [-0.2, 0) is 4.79 Å². The number of nitrogens with one attached hydrogen (secondary N) is 1. The Morgan fingerprint density at radius 3 is 2.86 bits per heavy atom. The van der Waals surface area contributed by atoms with Gasteiger partial charge in [0.15, 0.2) is 5.17 Å². The van der Waals surface area contributed by atoms with Gasteiger partial charge in [-0.1, -0.05) is 16.9 Å². The standard InChI is InChI=1S/C14H21N5O2S/c1-11-9-13(21-17-11)16-12(20)10-18-4-6-19(7-5-18)14-15-3-2-8-22-14/h9H,2-8,10H2,1H3,(H,16,20). The molecular formula is C14H21N5O2S. The second-order valence-electron chi connectivity index (χ2n) is 5.51. The third-order valence-electron chi connectivity index (χ3n) is 3.68. The van der Waals surface area contributed by atoms with Gasteiger partial charge in [-0.25, -0.2) is 0 Å². The number of nitrogens with zero attached hydrogens (tertiary/aromatic N) is 4. The third kappa shape index (κ3) is 4.01. The lowest BCUT2D eigenvalue weighted by atomic mass is 10.3. The Labute approximate surface area is 134 Å². The molecule has 1 fully saturated rings. The summed E-state index contributed by atoms with van der Waals surface area (Å²) in [4.78, 5) is 21.1. The smallest absolute Gasteiger partial charge is 0.240 e. The van der Waals surface area contributed by atoms with Crippen molar-refractivity contribution in [3.05, 3.63) is 11.8 Å². The lowest BCUT2D eigenvalue weighted by molar-refractivity contribution is -0.117. The summed E-state index contributed by atoms with van der Waals surface area (Å²) in [5, 5.41) is 7.66. The number of carbonyl (C=O) groups excluding carboxylic acids is 1. The number of anilines is 1. The molecule has 1 aromatic heterocycles. The van der Waals surface area contributed by atoms with Crippen molar-refractivity contribution in [2.45, 2.75) is 13.3 Å². The molecule has 2 aliphatic heterocycles. The van der Waals surface area contributed by atoms with Crippen molar-refractivity contribution in [2.75, 3.05) is 50.3 Å². The average Bonchev–Trinajstić information content (AvgIpc) is 2.94. The molecular weight excluding hydrogens is 302 g/mol. The van der Waals surface area contributed by atoms with E-state index in [4.69, 9.17) is 4.52 Å². The summed E-state index contributed by atoms with van der Waals surface area (Å²) in [6, 6.07) is 1.72. The van der Waals surface area contributed by atoms with Gasteiger partial charge in [0.1, 0.15) is 0 Å². The Hall–Kier alpha value is -1.54. The van der Waals surface area contributed by atoms with Gasteiger partial charge in [0.05, 0.1) is 12.2 Å². The number of thioether (sulfide) groups is 1. The number of rotatable bonds is 3. The first kappa shape index (κ1) is 15.4. The van der Waals surface area contributed by atoms with Crippen molar-refractivity contribution in [1.29, 1.82) is 0 Å². The van der Waals surface area contributed by atoms with Crippen LogP contribution in [0, 0.1) is 6.92 Å². The van der Waals surface area contributed by atoms with Crippen molar-refractivity contribution < 1.29 is 9.32 Å². The summed E-state index contributed by atoms with van der Waals surface area (Å²) in [5.74, 6) is 1.51. The molecule has 3 rings (SSSR count). The van der Waals surface area contributed by atoms with E-state index in [0.29, 0.717) is 12.4 Å². The lowest BCUT2D eigenvalue weighted by Crippen LogP contribution is -2.50. The van der Waals surface area contributed by atoms with Gasteiger partial charge in [-0.05, 0) is 13.3 Å². The SMILES string of the molecule is Cc1cc(NC(=O)CN2CCN(C3=NCCCS3)CC2)on1. The fraction of sp³-hybridized carbons (Fsp3) is 0.643. The van der Waals surface area contributed by atoms with Crippen molar-refractivity contribution in [3.8, 4) is 0 Å². The molecule has 0 aliphatic carbocycles. The van der Waals surface area contributed by atoms with Crippen LogP contribution < -0.4 is 5.32 Å². The summed E-state index contributed by atoms with van der Waals surface area (Å²) in [5.41, 5.74) is 0.759. The van der Waals surface area contributed by atoms with Gasteiger partial charge < -0.3 is 9.42 Å². The van der Waals surface area contributed by atoms with Gasteiger partial charge in [-0.3, -0.25) is 20.0 Å². The van der Waals surface area contributed by atoms with Crippen LogP contribution in [0.25, 0.3) is 0 Å². The van der Waals surface area contributed by atoms with Gasteiger partial charge in [-0.15, -0.1) is 0 Å². The summed E-state index contributed by atoms with van der Waals surface area (Å²) in [6.07, 6.45) is 1.18. The van der Waals surface area contributed by atoms with Gasteiger partial charge in [-0.2, -0.15) is 0 Å². The van der Waals surface area contributed by atoms with E-state index in [1.807, 2.05) is 18.7 Å². The van der Waals surface area contributed by atoms with E-state index in [-0.39, 0.29) is 5.91 Å². The predicted molar refractivity (Wildman–Crippen MR) is 87.3 cm³/mol. The van der Waals surface area contributed by atoms with E-state index >= 15 is 0 Å². The first-order chi connectivity index (χ1) is 10.7. The molecule has 7 nitrogen and oxygen atoms in total. The number of piperazine rings is 1. The molecule has 1 amide bonds. The molecule has 0 aromatic carbocycles. The predicted octanol–water partition coefficient (Wildman–Crippen LogP) is 1.03. The number of amides is 1. The Morgan fingerprint density at radius 2 is 2.23 bits per heavy atom. The van der Waals surface area contributed by atoms with Crippen molar-refractivity contribution in [3.63, 3.8) is 0 Å². The summed E-state index contributed by atoms with van der Waals surface area (Å²) >= 11 is 1.85. The number of carbonyl (C=O) groups is 1. The number of aromatic nitrogens is 1. The molecule has 0 spiro atoms. The van der Waals surface area contributed by atoms with E-state index in [2.05, 4.69) is 25.3 Å². The monoisotopic (exact) mass is 323 g/mol. The topological polar surface area (TPSA) is 74.0 Å². The highest BCUT2D eigenvalue weighted by atomic mass is 32.2. The second-order valence-corrected chi connectivity index (χ2v) is 6.57. The zero-order valence-corrected chi connectivity index (χ0v) is 13.6. The molecule has 22 heavy (non-hydrogen) atoms. The van der Waals surface area contributed by atoms with Crippen LogP contribution >= 0.6 is 11.8 Å². The zero-order valence-electron chi connectivity index (χ0n) is 12.7. The summed E-state index contributed by atoms with van der Waals surface area (Å²) < 4.78 is 4.99. The average molecular weight is 323 g/mol. The number of aryl methyl sites for hydroxylation is 1. The van der Waals surface area contributed by atoms with Gasteiger partial charge >= 0.3 is 0 Å². The van der Waals surface area contributed by atoms with E-state index in [1.165, 1.54) is 11.6 Å². The van der Waals surface area contributed by atoms with Crippen molar-refractivity contribution >= 4 is 28.7 Å². The van der Waals surface area contributed by atoms with Crippen LogP contribution in [0.5, 0.6) is 0 Å². The molecule has 1 saturated heterocycles. The maximum atomic E-state index is 12.0. The quantitative estimate of drug-likeness (QED) is 0.896. The molecule has 0 radical (unpaired) electrons. The molecule has 8 heteroatoms. The van der Waals surface area contributed by atoms with E-state index in [0.717, 1.165) is 44.2 Å². The van der Waals surface area contributed by atoms with Crippen molar-refractivity contribution in [2.24, 2.45) is 4.99 Å². The molecule has 0 atom stereocenters. The number of amidine groups is 1. The lowest BCUT2D eigenvalue weighted by Gasteiger charge is -2.36. The first-order valence-corrected chi connectivity index (χ1v) is 8.57. The Kier molecular flexibility index (Phi) is 4.99. The Bertz CT molecular complexity index is 551. The minimum Gasteiger partial charge on any atom is -0.349 e. The molecule has 0 saturated carbocycles. The molecule has 0 bridgehead atoms. The fourth-order valence-corrected chi connectivity index (χ4v) is 3.54. The first-order valence-electron chi connectivity index (χ1n) is 7.58. The van der Waals surface area contributed by atoms with Crippen LogP contribution in [-0.4, -0.2) is 71.1 Å². The Balaban J connectivity index is 1.43. The van der Waals surface area contributed by atoms with Gasteiger partial charge in [0.25, 0.3) is 0 Å². The highest BCUT2D eigenvalue weighted by Gasteiger charge is 2.22. The Morgan fingerprint density at radius 1 is 1.41 bits per heavy atom. The summed E-state index contributed by atoms with van der Waals surface area (Å²) in [7, 11) is 0. The zero-order chi connectivity index (χ0) is 15.4. The van der Waals surface area contributed by atoms with Crippen LogP contribution in [0.15, 0.2) is 15.6 Å². The minimum atomic E-state index is -0.0611. The largest absolute Gasteiger partial charge is 0.349 e.